The molecule has 0 atom stereocenters. The zero-order chi connectivity index (χ0) is 13.4. The van der Waals surface area contributed by atoms with Crippen molar-refractivity contribution in [1.82, 2.24) is 10.6 Å². The lowest BCUT2D eigenvalue weighted by atomic mass is 9.86. The van der Waals surface area contributed by atoms with Gasteiger partial charge in [-0.1, -0.05) is 0 Å². The second-order valence-corrected chi connectivity index (χ2v) is 4.68. The molecule has 1 aliphatic carbocycles. The van der Waals surface area contributed by atoms with Gasteiger partial charge < -0.3 is 15.4 Å². The molecule has 0 aromatic heterocycles. The molecule has 0 radical (unpaired) electrons. The van der Waals surface area contributed by atoms with Crippen LogP contribution in [0.1, 0.15) is 39.0 Å². The highest BCUT2D eigenvalue weighted by molar-refractivity contribution is 5.75. The van der Waals surface area contributed by atoms with Gasteiger partial charge in [0.25, 0.3) is 0 Å². The van der Waals surface area contributed by atoms with Gasteiger partial charge in [0.2, 0.25) is 5.91 Å². The quantitative estimate of drug-likeness (QED) is 0.691. The second kappa shape index (κ2) is 8.08. The summed E-state index contributed by atoms with van der Waals surface area (Å²) in [6.45, 7) is 3.00. The lowest BCUT2D eigenvalue weighted by Crippen LogP contribution is -2.37. The van der Waals surface area contributed by atoms with Gasteiger partial charge in [-0.3, -0.25) is 9.59 Å². The molecule has 18 heavy (non-hydrogen) atoms. The summed E-state index contributed by atoms with van der Waals surface area (Å²) in [7, 11) is 1.65. The molecule has 104 valence electrons. The lowest BCUT2D eigenvalue weighted by Gasteiger charge is -2.27. The highest BCUT2D eigenvalue weighted by Gasteiger charge is 2.26. The Bertz CT molecular complexity index is 273. The molecule has 0 unspecified atom stereocenters. The fourth-order valence-corrected chi connectivity index (χ4v) is 2.31. The standard InChI is InChI=1S/C13H24N2O3/c1-3-18-13(17)10-4-6-11(7-5-10)15-9-8-12(16)14-2/h10-11,15H,3-9H2,1-2H3,(H,14,16). The third kappa shape index (κ3) is 5.04. The molecular weight excluding hydrogens is 232 g/mol. The van der Waals surface area contributed by atoms with Crippen molar-refractivity contribution < 1.29 is 14.3 Å². The monoisotopic (exact) mass is 256 g/mol. The third-order valence-corrected chi connectivity index (χ3v) is 3.41. The summed E-state index contributed by atoms with van der Waals surface area (Å²) in [6, 6.07) is 0.431. The van der Waals surface area contributed by atoms with Crippen LogP contribution in [0.3, 0.4) is 0 Å². The summed E-state index contributed by atoms with van der Waals surface area (Å²) in [5.74, 6) is 0.0750. The summed E-state index contributed by atoms with van der Waals surface area (Å²) < 4.78 is 5.03. The molecule has 0 aromatic rings. The SMILES string of the molecule is CCOC(=O)C1CCC(NCCC(=O)NC)CC1. The smallest absolute Gasteiger partial charge is 0.308 e. The predicted molar refractivity (Wildman–Crippen MR) is 69.1 cm³/mol. The van der Waals surface area contributed by atoms with E-state index in [2.05, 4.69) is 10.6 Å². The van der Waals surface area contributed by atoms with Crippen LogP contribution in [0.15, 0.2) is 0 Å². The zero-order valence-corrected chi connectivity index (χ0v) is 11.3. The number of nitrogens with one attached hydrogen (secondary N) is 2. The number of carbonyl (C=O) groups is 2. The van der Waals surface area contributed by atoms with E-state index in [1.54, 1.807) is 7.05 Å². The molecule has 1 fully saturated rings. The Balaban J connectivity index is 2.15. The fourth-order valence-electron chi connectivity index (χ4n) is 2.31. The van der Waals surface area contributed by atoms with Crippen LogP contribution in [0.4, 0.5) is 0 Å². The number of esters is 1. The van der Waals surface area contributed by atoms with E-state index in [1.165, 1.54) is 0 Å². The van der Waals surface area contributed by atoms with E-state index in [9.17, 15) is 9.59 Å². The van der Waals surface area contributed by atoms with Crippen LogP contribution >= 0.6 is 0 Å². The number of amides is 1. The van der Waals surface area contributed by atoms with E-state index in [0.29, 0.717) is 25.6 Å². The molecule has 0 saturated heterocycles. The van der Waals surface area contributed by atoms with Crippen LogP contribution in [0, 0.1) is 5.92 Å². The average molecular weight is 256 g/mol. The Morgan fingerprint density at radius 2 is 1.89 bits per heavy atom. The number of rotatable bonds is 6. The molecule has 0 aliphatic heterocycles. The maximum atomic E-state index is 11.6. The Hall–Kier alpha value is -1.10. The van der Waals surface area contributed by atoms with Crippen molar-refractivity contribution in [2.75, 3.05) is 20.2 Å². The molecule has 2 N–H and O–H groups in total. The van der Waals surface area contributed by atoms with Gasteiger partial charge in [0.1, 0.15) is 0 Å². The van der Waals surface area contributed by atoms with Crippen LogP contribution in [-0.2, 0) is 14.3 Å². The topological polar surface area (TPSA) is 67.4 Å². The van der Waals surface area contributed by atoms with Gasteiger partial charge in [-0.15, -0.1) is 0 Å². The fraction of sp³-hybridized carbons (Fsp3) is 0.846. The molecule has 0 heterocycles. The normalized spacial score (nSPS) is 23.4. The first kappa shape index (κ1) is 15.0. The molecule has 1 amide bonds. The maximum absolute atomic E-state index is 11.6. The molecule has 5 nitrogen and oxygen atoms in total. The molecule has 1 rings (SSSR count). The molecule has 0 aromatic carbocycles. The van der Waals surface area contributed by atoms with Crippen LogP contribution < -0.4 is 10.6 Å². The molecule has 1 saturated carbocycles. The molecule has 0 bridgehead atoms. The van der Waals surface area contributed by atoms with Crippen molar-refractivity contribution in [3.63, 3.8) is 0 Å². The van der Waals surface area contributed by atoms with Crippen molar-refractivity contribution in [3.8, 4) is 0 Å². The van der Waals surface area contributed by atoms with Crippen molar-refractivity contribution in [2.45, 2.75) is 45.1 Å². The van der Waals surface area contributed by atoms with E-state index in [0.717, 1.165) is 25.7 Å². The number of ether oxygens (including phenoxy) is 1. The lowest BCUT2D eigenvalue weighted by molar-refractivity contribution is -0.149. The van der Waals surface area contributed by atoms with Crippen LogP contribution in [0.25, 0.3) is 0 Å². The first-order chi connectivity index (χ1) is 8.67. The average Bonchev–Trinajstić information content (AvgIpc) is 2.39. The molecule has 1 aliphatic rings. The Morgan fingerprint density at radius 1 is 1.22 bits per heavy atom. The minimum atomic E-state index is -0.0543. The summed E-state index contributed by atoms with van der Waals surface area (Å²) in [4.78, 5) is 22.6. The highest BCUT2D eigenvalue weighted by atomic mass is 16.5. The van der Waals surface area contributed by atoms with E-state index in [1.807, 2.05) is 6.92 Å². The van der Waals surface area contributed by atoms with E-state index in [4.69, 9.17) is 4.74 Å². The van der Waals surface area contributed by atoms with E-state index < -0.39 is 0 Å². The summed E-state index contributed by atoms with van der Waals surface area (Å²) in [5, 5.41) is 5.96. The van der Waals surface area contributed by atoms with Gasteiger partial charge in [0.15, 0.2) is 0 Å². The largest absolute Gasteiger partial charge is 0.466 e. The minimum absolute atomic E-state index is 0.0543. The molecule has 5 heteroatoms. The zero-order valence-electron chi connectivity index (χ0n) is 11.3. The van der Waals surface area contributed by atoms with Gasteiger partial charge in [0, 0.05) is 26.1 Å². The maximum Gasteiger partial charge on any atom is 0.308 e. The summed E-state index contributed by atoms with van der Waals surface area (Å²) in [6.07, 6.45) is 4.25. The van der Waals surface area contributed by atoms with Crippen molar-refractivity contribution in [2.24, 2.45) is 5.92 Å². The van der Waals surface area contributed by atoms with Gasteiger partial charge in [-0.2, -0.15) is 0 Å². The van der Waals surface area contributed by atoms with E-state index in [-0.39, 0.29) is 17.8 Å². The van der Waals surface area contributed by atoms with Crippen molar-refractivity contribution in [1.29, 1.82) is 0 Å². The number of carbonyl (C=O) groups excluding carboxylic acids is 2. The predicted octanol–water partition coefficient (Wildman–Crippen LogP) is 0.834. The van der Waals surface area contributed by atoms with Crippen LogP contribution in [-0.4, -0.2) is 38.1 Å². The van der Waals surface area contributed by atoms with Crippen molar-refractivity contribution in [3.05, 3.63) is 0 Å². The number of hydrogen-bond donors (Lipinski definition) is 2. The highest BCUT2D eigenvalue weighted by Crippen LogP contribution is 2.25. The van der Waals surface area contributed by atoms with Gasteiger partial charge >= 0.3 is 5.97 Å². The molecular formula is C13H24N2O3. The first-order valence-electron chi connectivity index (χ1n) is 6.78. The van der Waals surface area contributed by atoms with E-state index >= 15 is 0 Å². The van der Waals surface area contributed by atoms with Gasteiger partial charge in [0.05, 0.1) is 12.5 Å². The van der Waals surface area contributed by atoms with Crippen molar-refractivity contribution >= 4 is 11.9 Å². The van der Waals surface area contributed by atoms with Crippen LogP contribution in [0.2, 0.25) is 0 Å². The third-order valence-electron chi connectivity index (χ3n) is 3.41. The molecule has 0 spiro atoms. The van der Waals surface area contributed by atoms with Crippen LogP contribution in [0.5, 0.6) is 0 Å². The summed E-state index contributed by atoms with van der Waals surface area (Å²) >= 11 is 0. The second-order valence-electron chi connectivity index (χ2n) is 4.68. The Kier molecular flexibility index (Phi) is 6.72. The summed E-state index contributed by atoms with van der Waals surface area (Å²) in [5.41, 5.74) is 0. The minimum Gasteiger partial charge on any atom is -0.466 e. The van der Waals surface area contributed by atoms with Gasteiger partial charge in [-0.25, -0.2) is 0 Å². The Labute approximate surface area is 109 Å². The first-order valence-corrected chi connectivity index (χ1v) is 6.78. The van der Waals surface area contributed by atoms with Gasteiger partial charge in [-0.05, 0) is 32.6 Å². The number of hydrogen-bond acceptors (Lipinski definition) is 4. The Morgan fingerprint density at radius 3 is 2.44 bits per heavy atom.